The van der Waals surface area contributed by atoms with E-state index in [-0.39, 0.29) is 23.5 Å². The fraction of sp³-hybridized carbons (Fsp3) is 0.444. The van der Waals surface area contributed by atoms with Crippen LogP contribution in [0.25, 0.3) is 0 Å². The number of amides is 1. The van der Waals surface area contributed by atoms with Crippen molar-refractivity contribution in [3.8, 4) is 0 Å². The van der Waals surface area contributed by atoms with Crippen LogP contribution in [-0.4, -0.2) is 38.5 Å². The van der Waals surface area contributed by atoms with Crippen molar-refractivity contribution in [2.45, 2.75) is 44.5 Å². The van der Waals surface area contributed by atoms with E-state index in [1.807, 2.05) is 39.0 Å². The number of hydrogen-bond donors (Lipinski definition) is 1. The van der Waals surface area contributed by atoms with Gasteiger partial charge in [-0.1, -0.05) is 29.5 Å². The van der Waals surface area contributed by atoms with E-state index in [1.54, 1.807) is 18.5 Å². The van der Waals surface area contributed by atoms with E-state index in [1.165, 1.54) is 11.8 Å². The molecule has 1 N–H and O–H groups in total. The van der Waals surface area contributed by atoms with E-state index >= 15 is 0 Å². The number of aromatic nitrogens is 3. The van der Waals surface area contributed by atoms with Crippen molar-refractivity contribution >= 4 is 29.3 Å². The quantitative estimate of drug-likeness (QED) is 0.591. The van der Waals surface area contributed by atoms with Crippen molar-refractivity contribution in [1.29, 1.82) is 0 Å². The number of carbonyl (C=O) groups excluding carboxylic acids is 2. The molecule has 2 aromatic rings. The van der Waals surface area contributed by atoms with E-state index in [0.29, 0.717) is 17.6 Å². The second kappa shape index (κ2) is 8.84. The minimum absolute atomic E-state index is 0.0566. The summed E-state index contributed by atoms with van der Waals surface area (Å²) in [6, 6.07) is 5.89. The zero-order chi connectivity index (χ0) is 19.3. The molecule has 140 valence electrons. The SMILES string of the molecule is CCOC(=O)Cc1nnc(S[C@H](C)C(=O)Nc2ccc(C)cc2C)n1C. The predicted octanol–water partition coefficient (Wildman–Crippen LogP) is 2.66. The number of rotatable bonds is 7. The minimum Gasteiger partial charge on any atom is -0.466 e. The largest absolute Gasteiger partial charge is 0.466 e. The van der Waals surface area contributed by atoms with Crippen LogP contribution in [0.2, 0.25) is 0 Å². The number of thioether (sulfide) groups is 1. The normalized spacial score (nSPS) is 11.9. The molecule has 1 aromatic heterocycles. The van der Waals surface area contributed by atoms with Crippen LogP contribution in [0.1, 0.15) is 30.8 Å². The number of esters is 1. The lowest BCUT2D eigenvalue weighted by Gasteiger charge is -2.13. The van der Waals surface area contributed by atoms with Crippen LogP contribution in [0.15, 0.2) is 23.4 Å². The Labute approximate surface area is 157 Å². The van der Waals surface area contributed by atoms with Crippen molar-refractivity contribution in [2.75, 3.05) is 11.9 Å². The molecule has 1 heterocycles. The van der Waals surface area contributed by atoms with Crippen LogP contribution in [0, 0.1) is 13.8 Å². The summed E-state index contributed by atoms with van der Waals surface area (Å²) in [4.78, 5) is 24.1. The monoisotopic (exact) mass is 376 g/mol. The molecule has 0 saturated heterocycles. The number of carbonyl (C=O) groups is 2. The fourth-order valence-electron chi connectivity index (χ4n) is 2.34. The van der Waals surface area contributed by atoms with Gasteiger partial charge in [-0.25, -0.2) is 0 Å². The van der Waals surface area contributed by atoms with Crippen molar-refractivity contribution < 1.29 is 14.3 Å². The molecule has 2 rings (SSSR count). The number of nitrogens with one attached hydrogen (secondary N) is 1. The molecular weight excluding hydrogens is 352 g/mol. The molecule has 1 amide bonds. The molecule has 0 aliphatic rings. The lowest BCUT2D eigenvalue weighted by molar-refractivity contribution is -0.142. The molecule has 7 nitrogen and oxygen atoms in total. The molecule has 8 heteroatoms. The summed E-state index contributed by atoms with van der Waals surface area (Å²) < 4.78 is 6.64. The van der Waals surface area contributed by atoms with E-state index < -0.39 is 0 Å². The second-order valence-corrected chi connectivity index (χ2v) is 7.32. The third kappa shape index (κ3) is 5.08. The molecular formula is C18H24N4O3S. The average molecular weight is 376 g/mol. The summed E-state index contributed by atoms with van der Waals surface area (Å²) in [6.07, 6.45) is 0.0566. The van der Waals surface area contributed by atoms with Gasteiger partial charge in [-0.05, 0) is 39.3 Å². The maximum Gasteiger partial charge on any atom is 0.313 e. The maximum atomic E-state index is 12.5. The van der Waals surface area contributed by atoms with Crippen LogP contribution in [0.5, 0.6) is 0 Å². The van der Waals surface area contributed by atoms with Crippen molar-refractivity contribution in [1.82, 2.24) is 14.8 Å². The minimum atomic E-state index is -0.367. The van der Waals surface area contributed by atoms with E-state index in [0.717, 1.165) is 16.8 Å². The van der Waals surface area contributed by atoms with Crippen LogP contribution in [0.3, 0.4) is 0 Å². The van der Waals surface area contributed by atoms with Gasteiger partial charge in [-0.15, -0.1) is 10.2 Å². The fourth-order valence-corrected chi connectivity index (χ4v) is 3.18. The average Bonchev–Trinajstić information content (AvgIpc) is 2.90. The molecule has 0 spiro atoms. The highest BCUT2D eigenvalue weighted by atomic mass is 32.2. The first-order chi connectivity index (χ1) is 12.3. The van der Waals surface area contributed by atoms with Gasteiger partial charge >= 0.3 is 5.97 Å². The number of benzene rings is 1. The van der Waals surface area contributed by atoms with E-state index in [2.05, 4.69) is 15.5 Å². The van der Waals surface area contributed by atoms with Gasteiger partial charge in [-0.3, -0.25) is 9.59 Å². The summed E-state index contributed by atoms with van der Waals surface area (Å²) in [5, 5.41) is 11.2. The molecule has 1 atom stereocenters. The third-order valence-electron chi connectivity index (χ3n) is 3.82. The van der Waals surface area contributed by atoms with Crippen LogP contribution in [-0.2, 0) is 27.8 Å². The Balaban J connectivity index is 2.00. The van der Waals surface area contributed by atoms with Crippen molar-refractivity contribution in [3.05, 3.63) is 35.2 Å². The lowest BCUT2D eigenvalue weighted by atomic mass is 10.1. The zero-order valence-corrected chi connectivity index (χ0v) is 16.5. The molecule has 0 saturated carbocycles. The Kier molecular flexibility index (Phi) is 6.79. The van der Waals surface area contributed by atoms with E-state index in [4.69, 9.17) is 4.74 Å². The standard InChI is InChI=1S/C18H24N4O3S/c1-6-25-16(23)10-15-20-21-18(22(15)5)26-13(4)17(24)19-14-8-7-11(2)9-12(14)3/h7-9,13H,6,10H2,1-5H3,(H,19,24)/t13-/m1/s1. The summed E-state index contributed by atoms with van der Waals surface area (Å²) in [6.45, 7) is 7.87. The van der Waals surface area contributed by atoms with Crippen LogP contribution < -0.4 is 5.32 Å². The van der Waals surface area contributed by atoms with Gasteiger partial charge in [0.1, 0.15) is 12.2 Å². The first-order valence-electron chi connectivity index (χ1n) is 8.40. The Morgan fingerprint density at radius 3 is 2.69 bits per heavy atom. The Morgan fingerprint density at radius 2 is 2.04 bits per heavy atom. The van der Waals surface area contributed by atoms with Gasteiger partial charge in [0.15, 0.2) is 5.16 Å². The predicted molar refractivity (Wildman–Crippen MR) is 101 cm³/mol. The highest BCUT2D eigenvalue weighted by molar-refractivity contribution is 8.00. The zero-order valence-electron chi connectivity index (χ0n) is 15.7. The summed E-state index contributed by atoms with van der Waals surface area (Å²) in [7, 11) is 1.77. The molecule has 0 fully saturated rings. The smallest absolute Gasteiger partial charge is 0.313 e. The number of nitrogens with zero attached hydrogens (tertiary/aromatic N) is 3. The van der Waals surface area contributed by atoms with Gasteiger partial charge in [-0.2, -0.15) is 0 Å². The Morgan fingerprint density at radius 1 is 1.31 bits per heavy atom. The molecule has 0 unspecified atom stereocenters. The van der Waals surface area contributed by atoms with Gasteiger partial charge < -0.3 is 14.6 Å². The molecule has 0 aliphatic carbocycles. The lowest BCUT2D eigenvalue weighted by Crippen LogP contribution is -2.23. The Bertz CT molecular complexity index is 804. The molecule has 26 heavy (non-hydrogen) atoms. The van der Waals surface area contributed by atoms with Crippen molar-refractivity contribution in [3.63, 3.8) is 0 Å². The van der Waals surface area contributed by atoms with Gasteiger partial charge in [0.25, 0.3) is 0 Å². The number of hydrogen-bond acceptors (Lipinski definition) is 6. The van der Waals surface area contributed by atoms with Gasteiger partial charge in [0, 0.05) is 12.7 Å². The molecule has 0 bridgehead atoms. The maximum absolute atomic E-state index is 12.5. The Hall–Kier alpha value is -2.35. The van der Waals surface area contributed by atoms with Gasteiger partial charge in [0.05, 0.1) is 11.9 Å². The number of ether oxygens (including phenoxy) is 1. The molecule has 0 radical (unpaired) electrons. The second-order valence-electron chi connectivity index (χ2n) is 6.01. The number of aryl methyl sites for hydroxylation is 2. The first kappa shape index (κ1) is 20.0. The number of anilines is 1. The van der Waals surface area contributed by atoms with Gasteiger partial charge in [0.2, 0.25) is 5.91 Å². The summed E-state index contributed by atoms with van der Waals surface area (Å²) in [5.74, 6) is 0.0463. The molecule has 0 aliphatic heterocycles. The summed E-state index contributed by atoms with van der Waals surface area (Å²) in [5.41, 5.74) is 2.97. The molecule has 1 aromatic carbocycles. The van der Waals surface area contributed by atoms with Crippen molar-refractivity contribution in [2.24, 2.45) is 7.05 Å². The van der Waals surface area contributed by atoms with Crippen LogP contribution in [0.4, 0.5) is 5.69 Å². The highest BCUT2D eigenvalue weighted by Gasteiger charge is 2.20. The first-order valence-corrected chi connectivity index (χ1v) is 9.28. The summed E-state index contributed by atoms with van der Waals surface area (Å²) >= 11 is 1.29. The highest BCUT2D eigenvalue weighted by Crippen LogP contribution is 2.24. The topological polar surface area (TPSA) is 86.1 Å². The van der Waals surface area contributed by atoms with E-state index in [9.17, 15) is 9.59 Å². The third-order valence-corrected chi connectivity index (χ3v) is 4.96. The van der Waals surface area contributed by atoms with Crippen LogP contribution >= 0.6 is 11.8 Å².